The van der Waals surface area contributed by atoms with Crippen molar-refractivity contribution in [1.29, 1.82) is 0 Å². The van der Waals surface area contributed by atoms with Gasteiger partial charge in [-0.2, -0.15) is 0 Å². The lowest BCUT2D eigenvalue weighted by Gasteiger charge is -2.15. The van der Waals surface area contributed by atoms with Gasteiger partial charge in [-0.05, 0) is 24.6 Å². The minimum absolute atomic E-state index is 0.141. The van der Waals surface area contributed by atoms with E-state index in [1.807, 2.05) is 0 Å². The molecular weight excluding hydrogens is 300 g/mol. The van der Waals surface area contributed by atoms with Gasteiger partial charge in [0.1, 0.15) is 0 Å². The number of aliphatic hydroxyl groups is 1. The summed E-state index contributed by atoms with van der Waals surface area (Å²) >= 11 is 0. The number of carbonyl (C=O) groups excluding carboxylic acids is 3. The van der Waals surface area contributed by atoms with E-state index in [2.05, 4.69) is 0 Å². The van der Waals surface area contributed by atoms with E-state index in [1.165, 1.54) is 28.0 Å². The first-order valence-electron chi connectivity index (χ1n) is 7.36. The molecule has 7 nitrogen and oxygen atoms in total. The number of ether oxygens (including phenoxy) is 1. The fraction of sp³-hybridized carbons (Fsp3) is 0.438. The quantitative estimate of drug-likeness (QED) is 0.580. The molecule has 0 aromatic heterocycles. The van der Waals surface area contributed by atoms with Crippen LogP contribution in [0.25, 0.3) is 0 Å². The summed E-state index contributed by atoms with van der Waals surface area (Å²) < 4.78 is 4.93. The largest absolute Gasteiger partial charge is 0.395 e. The van der Waals surface area contributed by atoms with Crippen molar-refractivity contribution in [3.05, 3.63) is 34.9 Å². The number of hydrogen-bond donors (Lipinski definition) is 1. The minimum Gasteiger partial charge on any atom is -0.395 e. The normalized spacial score (nSPS) is 13.4. The van der Waals surface area contributed by atoms with Crippen LogP contribution in [0.1, 0.15) is 37.5 Å². The summed E-state index contributed by atoms with van der Waals surface area (Å²) in [5.74, 6) is -1.04. The third kappa shape index (κ3) is 3.40. The van der Waals surface area contributed by atoms with Crippen molar-refractivity contribution < 1.29 is 24.2 Å². The number of carbonyl (C=O) groups is 3. The third-order valence-electron chi connectivity index (χ3n) is 3.73. The second-order valence-electron chi connectivity index (χ2n) is 5.32. The van der Waals surface area contributed by atoms with Crippen molar-refractivity contribution in [2.45, 2.75) is 6.42 Å². The Morgan fingerprint density at radius 3 is 2.61 bits per heavy atom. The topological polar surface area (TPSA) is 87.2 Å². The molecule has 0 saturated carbocycles. The van der Waals surface area contributed by atoms with E-state index in [1.54, 1.807) is 14.2 Å². The summed E-state index contributed by atoms with van der Waals surface area (Å²) in [5, 5.41) is 8.89. The van der Waals surface area contributed by atoms with Crippen LogP contribution in [0.15, 0.2) is 18.2 Å². The van der Waals surface area contributed by atoms with Gasteiger partial charge in [0.2, 0.25) is 0 Å². The zero-order valence-corrected chi connectivity index (χ0v) is 13.2. The molecule has 0 atom stereocenters. The Balaban J connectivity index is 2.21. The number of amides is 3. The van der Waals surface area contributed by atoms with E-state index in [4.69, 9.17) is 9.84 Å². The van der Waals surface area contributed by atoms with E-state index in [9.17, 15) is 14.4 Å². The summed E-state index contributed by atoms with van der Waals surface area (Å²) in [6.07, 6.45) is 0.562. The Labute approximate surface area is 134 Å². The van der Waals surface area contributed by atoms with Crippen molar-refractivity contribution >= 4 is 17.7 Å². The highest BCUT2D eigenvalue weighted by Crippen LogP contribution is 2.24. The van der Waals surface area contributed by atoms with Crippen molar-refractivity contribution in [3.63, 3.8) is 0 Å². The van der Waals surface area contributed by atoms with Gasteiger partial charge in [-0.15, -0.1) is 0 Å². The van der Waals surface area contributed by atoms with Gasteiger partial charge in [-0.3, -0.25) is 19.3 Å². The van der Waals surface area contributed by atoms with E-state index in [0.717, 1.165) is 0 Å². The minimum atomic E-state index is -0.388. The number of benzene rings is 1. The Kier molecular flexibility index (Phi) is 5.46. The maximum atomic E-state index is 12.4. The summed E-state index contributed by atoms with van der Waals surface area (Å²) in [6.45, 7) is 0.806. The number of rotatable bonds is 7. The number of nitrogens with zero attached hydrogens (tertiary/aromatic N) is 2. The number of hydrogen-bond acceptors (Lipinski definition) is 5. The first-order chi connectivity index (χ1) is 11.0. The molecule has 1 aromatic rings. The lowest BCUT2D eigenvalue weighted by molar-refractivity contribution is 0.0638. The fourth-order valence-electron chi connectivity index (χ4n) is 2.47. The molecule has 1 aliphatic rings. The maximum absolute atomic E-state index is 12.4. The molecule has 23 heavy (non-hydrogen) atoms. The Morgan fingerprint density at radius 2 is 1.96 bits per heavy atom. The Morgan fingerprint density at radius 1 is 1.26 bits per heavy atom. The molecule has 1 N–H and O–H groups in total. The van der Waals surface area contributed by atoms with Crippen LogP contribution < -0.4 is 0 Å². The number of aliphatic hydroxyl groups excluding tert-OH is 1. The number of imide groups is 1. The van der Waals surface area contributed by atoms with Crippen LogP contribution in [0, 0.1) is 0 Å². The van der Waals surface area contributed by atoms with Crippen LogP contribution in [0.5, 0.6) is 0 Å². The summed E-state index contributed by atoms with van der Waals surface area (Å²) in [5.41, 5.74) is 0.879. The lowest BCUT2D eigenvalue weighted by atomic mass is 10.1. The molecule has 0 fully saturated rings. The highest BCUT2D eigenvalue weighted by atomic mass is 16.5. The van der Waals surface area contributed by atoms with Crippen LogP contribution in [0.4, 0.5) is 0 Å². The molecule has 1 heterocycles. The zero-order valence-electron chi connectivity index (χ0n) is 13.2. The number of fused-ring (bicyclic) bond motifs is 1. The van der Waals surface area contributed by atoms with Gasteiger partial charge in [0.05, 0.1) is 17.7 Å². The van der Waals surface area contributed by atoms with E-state index in [-0.39, 0.29) is 43.0 Å². The standard InChI is InChI=1S/C16H20N2O5/c1-17(7-8-19)14(20)11-4-5-12-13(10-11)16(22)18(15(12)21)6-3-9-23-2/h4-5,10,19H,3,6-9H2,1-2H3. The van der Waals surface area contributed by atoms with Crippen molar-refractivity contribution in [1.82, 2.24) is 9.80 Å². The van der Waals surface area contributed by atoms with Gasteiger partial charge in [0.15, 0.2) is 0 Å². The lowest BCUT2D eigenvalue weighted by Crippen LogP contribution is -2.31. The maximum Gasteiger partial charge on any atom is 0.261 e. The van der Waals surface area contributed by atoms with Crippen LogP contribution in [0.2, 0.25) is 0 Å². The van der Waals surface area contributed by atoms with E-state index >= 15 is 0 Å². The third-order valence-corrected chi connectivity index (χ3v) is 3.73. The zero-order chi connectivity index (χ0) is 17.0. The van der Waals surface area contributed by atoms with Crippen LogP contribution >= 0.6 is 0 Å². The van der Waals surface area contributed by atoms with Gasteiger partial charge in [-0.1, -0.05) is 0 Å². The van der Waals surface area contributed by atoms with Crippen LogP contribution in [-0.4, -0.2) is 73.1 Å². The Bertz CT molecular complexity index is 629. The highest BCUT2D eigenvalue weighted by molar-refractivity contribution is 6.22. The average molecular weight is 320 g/mol. The molecule has 1 aromatic carbocycles. The molecule has 3 amide bonds. The predicted molar refractivity (Wildman–Crippen MR) is 82.3 cm³/mol. The van der Waals surface area contributed by atoms with E-state index < -0.39 is 0 Å². The fourth-order valence-corrected chi connectivity index (χ4v) is 2.47. The van der Waals surface area contributed by atoms with Crippen LogP contribution in [0.3, 0.4) is 0 Å². The Hall–Kier alpha value is -2.25. The molecule has 2 rings (SSSR count). The predicted octanol–water partition coefficient (Wildman–Crippen LogP) is 0.383. The van der Waals surface area contributed by atoms with Gasteiger partial charge < -0.3 is 14.7 Å². The SMILES string of the molecule is COCCCN1C(=O)c2ccc(C(=O)N(C)CCO)cc2C1=O. The first kappa shape index (κ1) is 17.1. The summed E-state index contributed by atoms with van der Waals surface area (Å²) in [6, 6.07) is 4.48. The summed E-state index contributed by atoms with van der Waals surface area (Å²) in [4.78, 5) is 39.4. The van der Waals surface area contributed by atoms with Gasteiger partial charge in [-0.25, -0.2) is 0 Å². The monoisotopic (exact) mass is 320 g/mol. The van der Waals surface area contributed by atoms with Crippen molar-refractivity contribution in [2.24, 2.45) is 0 Å². The van der Waals surface area contributed by atoms with Crippen LogP contribution in [-0.2, 0) is 4.74 Å². The molecule has 0 bridgehead atoms. The molecule has 0 radical (unpaired) electrons. The van der Waals surface area contributed by atoms with Gasteiger partial charge >= 0.3 is 0 Å². The number of likely N-dealkylation sites (N-methyl/N-ethyl adjacent to an activating group) is 1. The van der Waals surface area contributed by atoms with Crippen molar-refractivity contribution in [2.75, 3.05) is 40.5 Å². The molecule has 1 aliphatic heterocycles. The smallest absolute Gasteiger partial charge is 0.261 e. The molecule has 7 heteroatoms. The molecule has 0 spiro atoms. The van der Waals surface area contributed by atoms with Crippen molar-refractivity contribution in [3.8, 4) is 0 Å². The molecule has 0 saturated heterocycles. The average Bonchev–Trinajstić information content (AvgIpc) is 2.79. The molecular formula is C16H20N2O5. The summed E-state index contributed by atoms with van der Waals surface area (Å²) in [7, 11) is 3.12. The first-order valence-corrected chi connectivity index (χ1v) is 7.36. The molecule has 0 aliphatic carbocycles. The highest BCUT2D eigenvalue weighted by Gasteiger charge is 2.35. The molecule has 0 unspecified atom stereocenters. The number of methoxy groups -OCH3 is 1. The van der Waals surface area contributed by atoms with Gasteiger partial charge in [0.25, 0.3) is 17.7 Å². The molecule has 124 valence electrons. The van der Waals surface area contributed by atoms with E-state index in [0.29, 0.717) is 24.2 Å². The van der Waals surface area contributed by atoms with Gasteiger partial charge in [0, 0.05) is 39.4 Å². The second kappa shape index (κ2) is 7.34. The second-order valence-corrected chi connectivity index (χ2v) is 5.32.